The van der Waals surface area contributed by atoms with Gasteiger partial charge in [0.05, 0.1) is 6.54 Å². The van der Waals surface area contributed by atoms with Gasteiger partial charge in [-0.25, -0.2) is 4.39 Å². The van der Waals surface area contributed by atoms with Crippen LogP contribution in [0.25, 0.3) is 10.9 Å². The molecule has 0 saturated carbocycles. The second-order valence-corrected chi connectivity index (χ2v) is 7.28. The lowest BCUT2D eigenvalue weighted by Gasteiger charge is -2.12. The molecule has 132 valence electrons. The Morgan fingerprint density at radius 1 is 1.08 bits per heavy atom. The molecule has 1 saturated heterocycles. The number of hydrogen-bond acceptors (Lipinski definition) is 3. The monoisotopic (exact) mass is 368 g/mol. The van der Waals surface area contributed by atoms with Crippen LogP contribution in [0, 0.1) is 0 Å². The highest BCUT2D eigenvalue weighted by molar-refractivity contribution is 8.26. The molecule has 0 aliphatic carbocycles. The number of alkyl halides is 1. The second kappa shape index (κ2) is 6.96. The molecule has 1 amide bonds. The van der Waals surface area contributed by atoms with E-state index in [2.05, 4.69) is 5.32 Å². The molecule has 4 rings (SSSR count). The van der Waals surface area contributed by atoms with Gasteiger partial charge in [-0.3, -0.25) is 9.59 Å². The van der Waals surface area contributed by atoms with Crippen LogP contribution >= 0.6 is 11.8 Å². The van der Waals surface area contributed by atoms with Crippen molar-refractivity contribution in [2.75, 3.05) is 0 Å². The Balaban J connectivity index is 1.59. The molecule has 2 unspecified atom stereocenters. The number of thioether (sulfide) groups is 1. The Morgan fingerprint density at radius 3 is 2.62 bits per heavy atom. The van der Waals surface area contributed by atoms with Crippen molar-refractivity contribution in [3.8, 4) is 0 Å². The molecule has 1 fully saturated rings. The number of halogens is 1. The number of hydrogen-bond donors (Lipinski definition) is 1. The average Bonchev–Trinajstić information content (AvgIpc) is 3.19. The van der Waals surface area contributed by atoms with Crippen molar-refractivity contribution in [2.24, 2.45) is 0 Å². The van der Waals surface area contributed by atoms with Crippen molar-refractivity contribution < 1.29 is 14.0 Å². The summed E-state index contributed by atoms with van der Waals surface area (Å²) in [7, 11) is 0. The van der Waals surface area contributed by atoms with Crippen molar-refractivity contribution in [2.45, 2.75) is 25.2 Å². The number of carbonyl (C=O) groups excluding carboxylic acids is 2. The minimum Gasteiger partial charge on any atom is -0.344 e. The Morgan fingerprint density at radius 2 is 1.88 bits per heavy atom. The molecule has 2 heterocycles. The van der Waals surface area contributed by atoms with Crippen LogP contribution in [0.1, 0.15) is 17.3 Å². The van der Waals surface area contributed by atoms with E-state index in [0.717, 1.165) is 28.2 Å². The largest absolute Gasteiger partial charge is 0.344 e. The minimum absolute atomic E-state index is 0.153. The lowest BCUT2D eigenvalue weighted by Crippen LogP contribution is -2.30. The van der Waals surface area contributed by atoms with Crippen LogP contribution in [0.15, 0.2) is 60.8 Å². The third kappa shape index (κ3) is 3.24. The molecule has 6 heteroatoms. The molecular weight excluding hydrogens is 351 g/mol. The van der Waals surface area contributed by atoms with E-state index in [4.69, 9.17) is 0 Å². The standard InChI is InChI=1S/C20H17FN2O2S/c21-16(13-5-2-1-3-6-13)12-23-10-9-15-14(7-4-8-18(15)23)11-17-19(24)26-20(25)22-17/h1-10,16-17H,11-12H2,(H,22,25). The van der Waals surface area contributed by atoms with Gasteiger partial charge >= 0.3 is 0 Å². The highest BCUT2D eigenvalue weighted by atomic mass is 32.2. The number of amides is 1. The molecule has 1 aromatic heterocycles. The van der Waals surface area contributed by atoms with Crippen molar-refractivity contribution in [1.82, 2.24) is 9.88 Å². The summed E-state index contributed by atoms with van der Waals surface area (Å²) in [5.74, 6) is 0. The SMILES string of the molecule is O=C1NC(Cc2cccc3c2ccn3CC(F)c2ccccc2)C(=O)S1. The van der Waals surface area contributed by atoms with Crippen LogP contribution in [0.3, 0.4) is 0 Å². The van der Waals surface area contributed by atoms with Gasteiger partial charge in [0.25, 0.3) is 5.24 Å². The summed E-state index contributed by atoms with van der Waals surface area (Å²) in [6, 6.07) is 16.3. The van der Waals surface area contributed by atoms with Crippen molar-refractivity contribution in [1.29, 1.82) is 0 Å². The molecule has 2 aromatic carbocycles. The molecule has 2 atom stereocenters. The van der Waals surface area contributed by atoms with Crippen molar-refractivity contribution >= 4 is 33.0 Å². The molecule has 1 N–H and O–H groups in total. The van der Waals surface area contributed by atoms with Gasteiger partial charge in [-0.15, -0.1) is 0 Å². The summed E-state index contributed by atoms with van der Waals surface area (Å²) in [5.41, 5.74) is 2.55. The summed E-state index contributed by atoms with van der Waals surface area (Å²) >= 11 is 0.721. The van der Waals surface area contributed by atoms with Gasteiger partial charge in [0, 0.05) is 35.3 Å². The van der Waals surface area contributed by atoms with E-state index in [0.29, 0.717) is 12.0 Å². The van der Waals surface area contributed by atoms with Crippen molar-refractivity contribution in [3.63, 3.8) is 0 Å². The number of aromatic nitrogens is 1. The Bertz CT molecular complexity index is 970. The maximum Gasteiger partial charge on any atom is 0.287 e. The molecule has 1 aliphatic rings. The maximum absolute atomic E-state index is 14.6. The summed E-state index contributed by atoms with van der Waals surface area (Å²) in [6.45, 7) is 0.228. The first kappa shape index (κ1) is 16.8. The number of rotatable bonds is 5. The van der Waals surface area contributed by atoms with E-state index in [1.807, 2.05) is 53.2 Å². The predicted octanol–water partition coefficient (Wildman–Crippen LogP) is 4.25. The topological polar surface area (TPSA) is 51.1 Å². The molecule has 3 aromatic rings. The predicted molar refractivity (Wildman–Crippen MR) is 101 cm³/mol. The number of nitrogens with zero attached hydrogens (tertiary/aromatic N) is 1. The summed E-state index contributed by atoms with van der Waals surface area (Å²) in [5, 5.41) is 3.21. The van der Waals surface area contributed by atoms with Crippen LogP contribution in [0.5, 0.6) is 0 Å². The van der Waals surface area contributed by atoms with Crippen LogP contribution in [-0.4, -0.2) is 21.0 Å². The first-order valence-corrected chi connectivity index (χ1v) is 9.21. The third-order valence-electron chi connectivity index (χ3n) is 4.62. The maximum atomic E-state index is 14.6. The fraction of sp³-hybridized carbons (Fsp3) is 0.200. The first-order chi connectivity index (χ1) is 12.6. The van der Waals surface area contributed by atoms with Gasteiger partial charge < -0.3 is 9.88 Å². The van der Waals surface area contributed by atoms with Crippen molar-refractivity contribution in [3.05, 3.63) is 71.9 Å². The number of fused-ring (bicyclic) bond motifs is 1. The van der Waals surface area contributed by atoms with E-state index in [1.54, 1.807) is 12.1 Å². The first-order valence-electron chi connectivity index (χ1n) is 8.40. The average molecular weight is 368 g/mol. The number of carbonyl (C=O) groups is 2. The van der Waals surface area contributed by atoms with Gasteiger partial charge in [0.2, 0.25) is 5.12 Å². The molecule has 26 heavy (non-hydrogen) atoms. The lowest BCUT2D eigenvalue weighted by atomic mass is 10.0. The van der Waals surface area contributed by atoms with Gasteiger partial charge in [-0.05, 0) is 23.3 Å². The molecular formula is C20H17FN2O2S. The van der Waals surface area contributed by atoms with E-state index < -0.39 is 12.2 Å². The Hall–Kier alpha value is -2.60. The second-order valence-electron chi connectivity index (χ2n) is 6.31. The highest BCUT2D eigenvalue weighted by Crippen LogP contribution is 2.27. The quantitative estimate of drug-likeness (QED) is 0.733. The Kier molecular flexibility index (Phi) is 4.51. The molecule has 1 aliphatic heterocycles. The summed E-state index contributed by atoms with van der Waals surface area (Å²) in [4.78, 5) is 23.2. The molecule has 4 nitrogen and oxygen atoms in total. The smallest absolute Gasteiger partial charge is 0.287 e. The molecule has 0 bridgehead atoms. The van der Waals surface area contributed by atoms with Gasteiger partial charge in [-0.1, -0.05) is 42.5 Å². The van der Waals surface area contributed by atoms with E-state index in [-0.39, 0.29) is 16.9 Å². The van der Waals surface area contributed by atoms with Gasteiger partial charge in [0.15, 0.2) is 0 Å². The van der Waals surface area contributed by atoms with E-state index in [9.17, 15) is 14.0 Å². The molecule has 0 radical (unpaired) electrons. The third-order valence-corrected chi connectivity index (χ3v) is 5.41. The van der Waals surface area contributed by atoms with Gasteiger partial charge in [0.1, 0.15) is 12.2 Å². The fourth-order valence-corrected chi connectivity index (χ4v) is 3.98. The normalized spacial score (nSPS) is 18.3. The van der Waals surface area contributed by atoms with Gasteiger partial charge in [-0.2, -0.15) is 0 Å². The van der Waals surface area contributed by atoms with Crippen LogP contribution in [0.2, 0.25) is 0 Å². The van der Waals surface area contributed by atoms with Crippen LogP contribution in [0.4, 0.5) is 9.18 Å². The summed E-state index contributed by atoms with van der Waals surface area (Å²) < 4.78 is 16.5. The number of benzene rings is 2. The lowest BCUT2D eigenvalue weighted by molar-refractivity contribution is -0.112. The zero-order chi connectivity index (χ0) is 18.1. The fourth-order valence-electron chi connectivity index (χ4n) is 3.31. The number of nitrogens with one attached hydrogen (secondary N) is 1. The van der Waals surface area contributed by atoms with E-state index in [1.165, 1.54) is 0 Å². The van der Waals surface area contributed by atoms with Crippen LogP contribution in [-0.2, 0) is 17.8 Å². The highest BCUT2D eigenvalue weighted by Gasteiger charge is 2.31. The van der Waals surface area contributed by atoms with Crippen LogP contribution < -0.4 is 5.32 Å². The van der Waals surface area contributed by atoms with E-state index >= 15 is 0 Å². The zero-order valence-corrected chi connectivity index (χ0v) is 14.7. The zero-order valence-electron chi connectivity index (χ0n) is 13.9. The summed E-state index contributed by atoms with van der Waals surface area (Å²) in [6.07, 6.45) is 1.21. The minimum atomic E-state index is -1.09. The molecule has 0 spiro atoms. The Labute approximate surface area is 154 Å².